The summed E-state index contributed by atoms with van der Waals surface area (Å²) < 4.78 is 28.8. The molecule has 1 amide bonds. The zero-order chi connectivity index (χ0) is 12.3. The van der Waals surface area contributed by atoms with Crippen molar-refractivity contribution >= 4 is 16.0 Å². The zero-order valence-electron chi connectivity index (χ0n) is 9.18. The van der Waals surface area contributed by atoms with Crippen LogP contribution < -0.4 is 34.9 Å². The normalized spacial score (nSPS) is 8.88. The molecule has 0 atom stereocenters. The van der Waals surface area contributed by atoms with Gasteiger partial charge in [-0.2, -0.15) is 0 Å². The second-order valence-electron chi connectivity index (χ2n) is 2.23. The van der Waals surface area contributed by atoms with Gasteiger partial charge in [-0.3, -0.25) is 4.79 Å². The molecule has 8 heteroatoms. The SMILES string of the molecule is C=CC(=O)NCCO.C=CCS(=O)(=O)[O-].[Na+]. The summed E-state index contributed by atoms with van der Waals surface area (Å²) in [6.45, 7) is 6.56. The van der Waals surface area contributed by atoms with E-state index in [1.54, 1.807) is 0 Å². The van der Waals surface area contributed by atoms with Crippen LogP contribution in [0.15, 0.2) is 25.3 Å². The number of carbonyl (C=O) groups excluding carboxylic acids is 1. The molecule has 0 rings (SSSR count). The Morgan fingerprint density at radius 1 is 1.44 bits per heavy atom. The van der Waals surface area contributed by atoms with Crippen LogP contribution >= 0.6 is 0 Å². The molecular weight excluding hydrogens is 245 g/mol. The monoisotopic (exact) mass is 259 g/mol. The minimum absolute atomic E-state index is 0. The van der Waals surface area contributed by atoms with Crippen LogP contribution in [0.3, 0.4) is 0 Å². The van der Waals surface area contributed by atoms with Crippen LogP contribution in [0.5, 0.6) is 0 Å². The molecule has 2 N–H and O–H groups in total. The summed E-state index contributed by atoms with van der Waals surface area (Å²) in [5, 5.41) is 10.5. The Morgan fingerprint density at radius 3 is 2.12 bits per heavy atom. The molecule has 0 fully saturated rings. The van der Waals surface area contributed by atoms with Gasteiger partial charge in [0.15, 0.2) is 0 Å². The van der Waals surface area contributed by atoms with Gasteiger partial charge < -0.3 is 15.0 Å². The molecule has 0 aromatic carbocycles. The smallest absolute Gasteiger partial charge is 0.748 e. The van der Waals surface area contributed by atoms with E-state index in [-0.39, 0.29) is 42.1 Å². The summed E-state index contributed by atoms with van der Waals surface area (Å²) in [5.41, 5.74) is 0. The molecule has 0 aliphatic rings. The maximum atomic E-state index is 10.2. The van der Waals surface area contributed by atoms with E-state index in [1.165, 1.54) is 0 Å². The van der Waals surface area contributed by atoms with Gasteiger partial charge in [-0.25, -0.2) is 8.42 Å². The van der Waals surface area contributed by atoms with Gasteiger partial charge in [0.2, 0.25) is 5.91 Å². The number of carbonyl (C=O) groups is 1. The fraction of sp³-hybridized carbons (Fsp3) is 0.375. The summed E-state index contributed by atoms with van der Waals surface area (Å²) in [7, 11) is -4.04. The molecule has 0 saturated carbocycles. The Hall–Kier alpha value is -0.180. The minimum atomic E-state index is -4.04. The van der Waals surface area contributed by atoms with E-state index in [0.717, 1.165) is 12.2 Å². The summed E-state index contributed by atoms with van der Waals surface area (Å²) >= 11 is 0. The molecule has 0 aromatic heterocycles. The van der Waals surface area contributed by atoms with E-state index in [4.69, 9.17) is 5.11 Å². The Morgan fingerprint density at radius 2 is 1.94 bits per heavy atom. The van der Waals surface area contributed by atoms with Gasteiger partial charge >= 0.3 is 29.6 Å². The number of hydrogen-bond acceptors (Lipinski definition) is 5. The Balaban J connectivity index is -0.000000200. The standard InChI is InChI=1S/C5H9NO2.C3H6O3S.Na/c1-2-5(8)6-3-4-7;1-2-3-7(4,5)6;/h2,7H,1,3-4H2,(H,6,8);2H,1,3H2,(H,4,5,6);/q;;+1/p-1. The minimum Gasteiger partial charge on any atom is -0.748 e. The predicted octanol–water partition coefficient (Wildman–Crippen LogP) is -4.00. The topological polar surface area (TPSA) is 107 Å². The molecule has 6 nitrogen and oxygen atoms in total. The molecule has 0 aromatic rings. The summed E-state index contributed by atoms with van der Waals surface area (Å²) in [6, 6.07) is 0. The molecule has 0 heterocycles. The number of aliphatic hydroxyl groups is 1. The van der Waals surface area contributed by atoms with E-state index < -0.39 is 15.9 Å². The second kappa shape index (κ2) is 12.9. The van der Waals surface area contributed by atoms with Crippen molar-refractivity contribution in [2.75, 3.05) is 18.9 Å². The van der Waals surface area contributed by atoms with Crippen LogP contribution in [0, 0.1) is 0 Å². The van der Waals surface area contributed by atoms with Crippen LogP contribution in [0.1, 0.15) is 0 Å². The van der Waals surface area contributed by atoms with E-state index in [1.807, 2.05) is 0 Å². The van der Waals surface area contributed by atoms with Gasteiger partial charge in [-0.1, -0.05) is 12.7 Å². The summed E-state index contributed by atoms with van der Waals surface area (Å²) in [5.74, 6) is -0.730. The van der Waals surface area contributed by atoms with Crippen molar-refractivity contribution in [1.82, 2.24) is 5.32 Å². The van der Waals surface area contributed by atoms with Gasteiger partial charge in [0.25, 0.3) is 0 Å². The number of nitrogens with one attached hydrogen (secondary N) is 1. The average Bonchev–Trinajstić information content (AvgIpc) is 2.13. The van der Waals surface area contributed by atoms with Crippen molar-refractivity contribution in [1.29, 1.82) is 0 Å². The molecule has 16 heavy (non-hydrogen) atoms. The largest absolute Gasteiger partial charge is 1.00 e. The first-order valence-corrected chi connectivity index (χ1v) is 5.50. The number of aliphatic hydroxyl groups excluding tert-OH is 1. The Bertz CT molecular complexity index is 302. The third-order valence-corrected chi connectivity index (χ3v) is 1.56. The molecule has 0 unspecified atom stereocenters. The maximum absolute atomic E-state index is 10.2. The molecule has 0 spiro atoms. The van der Waals surface area contributed by atoms with Gasteiger partial charge in [-0.15, -0.1) is 6.58 Å². The molecule has 0 aliphatic heterocycles. The van der Waals surface area contributed by atoms with E-state index in [9.17, 15) is 17.8 Å². The molecular formula is C8H14NNaO5S. The second-order valence-corrected chi connectivity index (χ2v) is 3.68. The van der Waals surface area contributed by atoms with Crippen LogP contribution in [0.4, 0.5) is 0 Å². The van der Waals surface area contributed by atoms with Gasteiger partial charge in [0.1, 0.15) is 0 Å². The van der Waals surface area contributed by atoms with Crippen molar-refractivity contribution in [2.45, 2.75) is 0 Å². The van der Waals surface area contributed by atoms with Crippen molar-refractivity contribution in [3.05, 3.63) is 25.3 Å². The molecule has 88 valence electrons. The molecule has 0 aliphatic carbocycles. The predicted molar refractivity (Wildman–Crippen MR) is 55.1 cm³/mol. The van der Waals surface area contributed by atoms with Crippen molar-refractivity contribution in [3.8, 4) is 0 Å². The van der Waals surface area contributed by atoms with Crippen LogP contribution in [-0.4, -0.2) is 42.9 Å². The van der Waals surface area contributed by atoms with Gasteiger partial charge in [-0.05, 0) is 6.08 Å². The molecule has 0 bridgehead atoms. The first-order chi connectivity index (χ1) is 6.87. The van der Waals surface area contributed by atoms with Gasteiger partial charge in [0, 0.05) is 6.54 Å². The third kappa shape index (κ3) is 23.6. The molecule has 0 radical (unpaired) electrons. The van der Waals surface area contributed by atoms with Crippen molar-refractivity contribution in [2.24, 2.45) is 0 Å². The summed E-state index contributed by atoms with van der Waals surface area (Å²) in [4.78, 5) is 10.2. The average molecular weight is 259 g/mol. The van der Waals surface area contributed by atoms with Crippen molar-refractivity contribution < 1.29 is 52.4 Å². The van der Waals surface area contributed by atoms with Gasteiger partial charge in [0.05, 0.1) is 22.5 Å². The van der Waals surface area contributed by atoms with E-state index in [2.05, 4.69) is 18.5 Å². The first-order valence-electron chi connectivity index (χ1n) is 3.93. The molecule has 0 saturated heterocycles. The van der Waals surface area contributed by atoms with Crippen LogP contribution in [0.2, 0.25) is 0 Å². The zero-order valence-corrected chi connectivity index (χ0v) is 12.0. The Labute approximate surface area is 117 Å². The fourth-order valence-electron chi connectivity index (χ4n) is 0.396. The quantitative estimate of drug-likeness (QED) is 0.226. The Kier molecular flexibility index (Phi) is 17.0. The first kappa shape index (κ1) is 21.1. The number of amides is 1. The van der Waals surface area contributed by atoms with E-state index >= 15 is 0 Å². The third-order valence-electron chi connectivity index (χ3n) is 0.918. The van der Waals surface area contributed by atoms with E-state index in [0.29, 0.717) is 6.54 Å². The number of rotatable bonds is 5. The van der Waals surface area contributed by atoms with Crippen molar-refractivity contribution in [3.63, 3.8) is 0 Å². The maximum Gasteiger partial charge on any atom is 1.00 e. The van der Waals surface area contributed by atoms with Crippen LogP contribution in [0.25, 0.3) is 0 Å². The fourth-order valence-corrected chi connectivity index (χ4v) is 0.684. The number of hydrogen-bond donors (Lipinski definition) is 2. The summed E-state index contributed by atoms with van der Waals surface area (Å²) in [6.07, 6.45) is 2.22. The van der Waals surface area contributed by atoms with Crippen LogP contribution in [-0.2, 0) is 14.9 Å².